The Morgan fingerprint density at radius 3 is 2.32 bits per heavy atom. The molecule has 2 nitrogen and oxygen atoms in total. The quantitative estimate of drug-likeness (QED) is 0.776. The molecule has 0 bridgehead atoms. The molecule has 2 heteroatoms. The van der Waals surface area contributed by atoms with Gasteiger partial charge in [-0.25, -0.2) is 0 Å². The van der Waals surface area contributed by atoms with Gasteiger partial charge in [0.2, 0.25) is 0 Å². The second-order valence-corrected chi connectivity index (χ2v) is 4.91. The molecule has 0 spiro atoms. The van der Waals surface area contributed by atoms with E-state index in [0.29, 0.717) is 6.54 Å². The van der Waals surface area contributed by atoms with Crippen molar-refractivity contribution in [3.8, 4) is 0 Å². The van der Waals surface area contributed by atoms with Crippen LogP contribution in [0.25, 0.3) is 0 Å². The van der Waals surface area contributed by atoms with Crippen molar-refractivity contribution in [3.63, 3.8) is 0 Å². The molecule has 0 saturated carbocycles. The van der Waals surface area contributed by atoms with Gasteiger partial charge in [-0.05, 0) is 43.2 Å². The van der Waals surface area contributed by atoms with E-state index in [0.717, 1.165) is 16.8 Å². The standard InChI is InChI=1S/C17H19NO/c1-13-9-10-15(11-14(13)2)17(19)12-18(3)16-7-5-4-6-8-16/h4-11H,12H2,1-3H3. The molecule has 2 aromatic carbocycles. The number of carbonyl (C=O) groups excluding carboxylic acids is 1. The molecule has 0 aliphatic rings. The van der Waals surface area contributed by atoms with Crippen molar-refractivity contribution in [1.82, 2.24) is 0 Å². The van der Waals surface area contributed by atoms with Gasteiger partial charge in [0.1, 0.15) is 0 Å². The average Bonchev–Trinajstić information content (AvgIpc) is 2.42. The van der Waals surface area contributed by atoms with E-state index in [4.69, 9.17) is 0 Å². The fraction of sp³-hybridized carbons (Fsp3) is 0.235. The van der Waals surface area contributed by atoms with Crippen LogP contribution in [-0.2, 0) is 0 Å². The fourth-order valence-corrected chi connectivity index (χ4v) is 2.00. The summed E-state index contributed by atoms with van der Waals surface area (Å²) in [5.41, 5.74) is 4.21. The number of aryl methyl sites for hydroxylation is 2. The van der Waals surface area contributed by atoms with E-state index in [1.165, 1.54) is 5.56 Å². The molecular weight excluding hydrogens is 234 g/mol. The van der Waals surface area contributed by atoms with Crippen molar-refractivity contribution in [3.05, 3.63) is 65.2 Å². The second-order valence-electron chi connectivity index (χ2n) is 4.91. The monoisotopic (exact) mass is 253 g/mol. The predicted molar refractivity (Wildman–Crippen MR) is 80.0 cm³/mol. The van der Waals surface area contributed by atoms with Gasteiger partial charge in [-0.1, -0.05) is 30.3 Å². The number of anilines is 1. The van der Waals surface area contributed by atoms with Crippen LogP contribution in [-0.4, -0.2) is 19.4 Å². The molecule has 0 aromatic heterocycles. The molecular formula is C17H19NO. The van der Waals surface area contributed by atoms with Crippen LogP contribution >= 0.6 is 0 Å². The van der Waals surface area contributed by atoms with Crippen molar-refractivity contribution < 1.29 is 4.79 Å². The molecule has 0 aliphatic carbocycles. The van der Waals surface area contributed by atoms with Crippen LogP contribution in [0.15, 0.2) is 48.5 Å². The van der Waals surface area contributed by atoms with E-state index in [-0.39, 0.29) is 5.78 Å². The maximum absolute atomic E-state index is 12.3. The van der Waals surface area contributed by atoms with E-state index in [1.807, 2.05) is 67.4 Å². The Morgan fingerprint density at radius 1 is 1.00 bits per heavy atom. The van der Waals surface area contributed by atoms with Crippen molar-refractivity contribution in [1.29, 1.82) is 0 Å². The highest BCUT2D eigenvalue weighted by atomic mass is 16.1. The molecule has 0 fully saturated rings. The molecule has 0 saturated heterocycles. The first-order valence-corrected chi connectivity index (χ1v) is 6.44. The Balaban J connectivity index is 2.11. The van der Waals surface area contributed by atoms with Crippen molar-refractivity contribution in [2.45, 2.75) is 13.8 Å². The third-order valence-corrected chi connectivity index (χ3v) is 3.41. The number of para-hydroxylation sites is 1. The number of likely N-dealkylation sites (N-methyl/N-ethyl adjacent to an activating group) is 1. The first-order chi connectivity index (χ1) is 9.08. The number of ketones is 1. The van der Waals surface area contributed by atoms with Crippen LogP contribution in [0.4, 0.5) is 5.69 Å². The Morgan fingerprint density at radius 2 is 1.68 bits per heavy atom. The molecule has 0 aliphatic heterocycles. The molecule has 0 radical (unpaired) electrons. The van der Waals surface area contributed by atoms with Gasteiger partial charge >= 0.3 is 0 Å². The number of nitrogens with zero attached hydrogens (tertiary/aromatic N) is 1. The van der Waals surface area contributed by atoms with Crippen LogP contribution in [0, 0.1) is 13.8 Å². The van der Waals surface area contributed by atoms with Gasteiger partial charge in [-0.2, -0.15) is 0 Å². The highest BCUT2D eigenvalue weighted by Crippen LogP contribution is 2.14. The zero-order valence-electron chi connectivity index (χ0n) is 11.7. The summed E-state index contributed by atoms with van der Waals surface area (Å²) in [6, 6.07) is 15.8. The molecule has 0 amide bonds. The minimum atomic E-state index is 0.148. The van der Waals surface area contributed by atoms with E-state index in [2.05, 4.69) is 6.92 Å². The lowest BCUT2D eigenvalue weighted by atomic mass is 10.0. The topological polar surface area (TPSA) is 20.3 Å². The number of rotatable bonds is 4. The summed E-state index contributed by atoms with van der Waals surface area (Å²) in [6.45, 7) is 4.49. The van der Waals surface area contributed by atoms with Crippen molar-refractivity contribution in [2.24, 2.45) is 0 Å². The summed E-state index contributed by atoms with van der Waals surface area (Å²) in [6.07, 6.45) is 0. The third kappa shape index (κ3) is 3.22. The van der Waals surface area contributed by atoms with E-state index in [1.54, 1.807) is 0 Å². The maximum Gasteiger partial charge on any atom is 0.182 e. The Hall–Kier alpha value is -2.09. The van der Waals surface area contributed by atoms with E-state index >= 15 is 0 Å². The summed E-state index contributed by atoms with van der Waals surface area (Å²) in [7, 11) is 1.94. The van der Waals surface area contributed by atoms with Crippen LogP contribution in [0.1, 0.15) is 21.5 Å². The maximum atomic E-state index is 12.3. The van der Waals surface area contributed by atoms with Crippen LogP contribution in [0.3, 0.4) is 0 Å². The minimum absolute atomic E-state index is 0.148. The average molecular weight is 253 g/mol. The molecule has 98 valence electrons. The van der Waals surface area contributed by atoms with Gasteiger partial charge in [0.15, 0.2) is 5.78 Å². The highest BCUT2D eigenvalue weighted by Gasteiger charge is 2.10. The fourth-order valence-electron chi connectivity index (χ4n) is 2.00. The number of hydrogen-bond donors (Lipinski definition) is 0. The van der Waals surface area contributed by atoms with Gasteiger partial charge in [0.05, 0.1) is 6.54 Å². The van der Waals surface area contributed by atoms with Gasteiger partial charge in [0, 0.05) is 18.3 Å². The van der Waals surface area contributed by atoms with Crippen molar-refractivity contribution in [2.75, 3.05) is 18.5 Å². The first-order valence-electron chi connectivity index (χ1n) is 6.44. The lowest BCUT2D eigenvalue weighted by molar-refractivity contribution is 0.100. The lowest BCUT2D eigenvalue weighted by Crippen LogP contribution is -2.25. The summed E-state index contributed by atoms with van der Waals surface area (Å²) >= 11 is 0. The molecule has 0 unspecified atom stereocenters. The zero-order chi connectivity index (χ0) is 13.8. The smallest absolute Gasteiger partial charge is 0.182 e. The molecule has 2 aromatic rings. The van der Waals surface area contributed by atoms with Gasteiger partial charge < -0.3 is 4.90 Å². The summed E-state index contributed by atoms with van der Waals surface area (Å²) in [5, 5.41) is 0. The van der Waals surface area contributed by atoms with Gasteiger partial charge in [-0.15, -0.1) is 0 Å². The summed E-state index contributed by atoms with van der Waals surface area (Å²) < 4.78 is 0. The normalized spacial score (nSPS) is 10.3. The van der Waals surface area contributed by atoms with Crippen LogP contribution in [0.5, 0.6) is 0 Å². The molecule has 19 heavy (non-hydrogen) atoms. The summed E-state index contributed by atoms with van der Waals surface area (Å²) in [4.78, 5) is 14.2. The first kappa shape index (κ1) is 13.3. The lowest BCUT2D eigenvalue weighted by Gasteiger charge is -2.18. The number of Topliss-reactive ketones (excluding diaryl/α,β-unsaturated/α-hetero) is 1. The largest absolute Gasteiger partial charge is 0.367 e. The highest BCUT2D eigenvalue weighted by molar-refractivity contribution is 5.99. The number of hydrogen-bond acceptors (Lipinski definition) is 2. The Bertz CT molecular complexity index is 575. The van der Waals surface area contributed by atoms with Gasteiger partial charge in [0.25, 0.3) is 0 Å². The predicted octanol–water partition coefficient (Wildman–Crippen LogP) is 3.62. The third-order valence-electron chi connectivity index (χ3n) is 3.41. The number of benzene rings is 2. The van der Waals surface area contributed by atoms with Crippen LogP contribution < -0.4 is 4.90 Å². The van der Waals surface area contributed by atoms with Gasteiger partial charge in [-0.3, -0.25) is 4.79 Å². The minimum Gasteiger partial charge on any atom is -0.367 e. The molecule has 0 heterocycles. The second kappa shape index (κ2) is 5.70. The molecule has 0 atom stereocenters. The SMILES string of the molecule is Cc1ccc(C(=O)CN(C)c2ccccc2)cc1C. The Kier molecular flexibility index (Phi) is 4.00. The van der Waals surface area contributed by atoms with E-state index in [9.17, 15) is 4.79 Å². The molecule has 2 rings (SSSR count). The zero-order valence-corrected chi connectivity index (χ0v) is 11.7. The summed E-state index contributed by atoms with van der Waals surface area (Å²) in [5.74, 6) is 0.148. The van der Waals surface area contributed by atoms with E-state index < -0.39 is 0 Å². The Labute approximate surface area is 114 Å². The van der Waals surface area contributed by atoms with Crippen LogP contribution in [0.2, 0.25) is 0 Å². The number of carbonyl (C=O) groups is 1. The molecule has 0 N–H and O–H groups in total. The van der Waals surface area contributed by atoms with Crippen molar-refractivity contribution >= 4 is 11.5 Å².